The Bertz CT molecular complexity index is 543. The van der Waals surface area contributed by atoms with Crippen molar-refractivity contribution in [3.8, 4) is 0 Å². The molecule has 0 saturated carbocycles. The molecule has 1 aromatic heterocycles. The Labute approximate surface area is 114 Å². The molecule has 2 aromatic rings. The first-order chi connectivity index (χ1) is 9.13. The van der Waals surface area contributed by atoms with Gasteiger partial charge < -0.3 is 0 Å². The number of pyridine rings is 1. The van der Waals surface area contributed by atoms with Gasteiger partial charge in [-0.05, 0) is 55.5 Å². The molecule has 1 atom stereocenters. The highest BCUT2D eigenvalue weighted by atomic mass is 15.2. The van der Waals surface area contributed by atoms with Gasteiger partial charge in [0, 0.05) is 6.20 Å². The predicted octanol–water partition coefficient (Wildman–Crippen LogP) is 2.75. The molecule has 3 heteroatoms. The number of hydrazine groups is 1. The van der Waals surface area contributed by atoms with E-state index in [1.165, 1.54) is 16.7 Å². The van der Waals surface area contributed by atoms with E-state index in [0.717, 1.165) is 17.7 Å². The third kappa shape index (κ3) is 3.00. The number of benzene rings is 1. The number of nitrogens with one attached hydrogen (secondary N) is 1. The lowest BCUT2D eigenvalue weighted by Gasteiger charge is -2.19. The third-order valence-electron chi connectivity index (χ3n) is 3.63. The summed E-state index contributed by atoms with van der Waals surface area (Å²) >= 11 is 0. The van der Waals surface area contributed by atoms with Gasteiger partial charge in [-0.25, -0.2) is 0 Å². The van der Waals surface area contributed by atoms with E-state index in [-0.39, 0.29) is 6.04 Å². The molecule has 1 aromatic carbocycles. The Kier molecular flexibility index (Phi) is 4.30. The summed E-state index contributed by atoms with van der Waals surface area (Å²) in [4.78, 5) is 4.46. The lowest BCUT2D eigenvalue weighted by molar-refractivity contribution is 0.533. The van der Waals surface area contributed by atoms with E-state index in [1.807, 2.05) is 12.3 Å². The van der Waals surface area contributed by atoms with Crippen LogP contribution in [0.5, 0.6) is 0 Å². The quantitative estimate of drug-likeness (QED) is 0.652. The normalized spacial score (nSPS) is 12.4. The fraction of sp³-hybridized carbons (Fsp3) is 0.312. The van der Waals surface area contributed by atoms with Crippen LogP contribution in [0, 0.1) is 20.8 Å². The van der Waals surface area contributed by atoms with Crippen LogP contribution in [0.2, 0.25) is 0 Å². The minimum Gasteiger partial charge on any atom is -0.271 e. The minimum absolute atomic E-state index is 0.0426. The smallest absolute Gasteiger partial charge is 0.0675 e. The van der Waals surface area contributed by atoms with Crippen LogP contribution in [0.4, 0.5) is 0 Å². The molecule has 0 spiro atoms. The van der Waals surface area contributed by atoms with E-state index in [1.54, 1.807) is 0 Å². The van der Waals surface area contributed by atoms with Gasteiger partial charge >= 0.3 is 0 Å². The molecule has 0 amide bonds. The van der Waals surface area contributed by atoms with Gasteiger partial charge in [0.1, 0.15) is 0 Å². The summed E-state index contributed by atoms with van der Waals surface area (Å²) in [6.45, 7) is 6.35. The molecule has 3 nitrogen and oxygen atoms in total. The van der Waals surface area contributed by atoms with Crippen LogP contribution in [-0.2, 0) is 6.42 Å². The van der Waals surface area contributed by atoms with Crippen molar-refractivity contribution in [3.05, 3.63) is 64.5 Å². The van der Waals surface area contributed by atoms with Gasteiger partial charge in [-0.2, -0.15) is 0 Å². The van der Waals surface area contributed by atoms with E-state index < -0.39 is 0 Å². The Morgan fingerprint density at radius 1 is 1.05 bits per heavy atom. The summed E-state index contributed by atoms with van der Waals surface area (Å²) in [6, 6.07) is 10.4. The fourth-order valence-electron chi connectivity index (χ4n) is 2.47. The highest BCUT2D eigenvalue weighted by Gasteiger charge is 2.16. The standard InChI is InChI=1S/C16H21N3/c1-11-6-4-7-12(2)14(11)10-15(19-17)16-13(3)8-5-9-18-16/h4-9,15,19H,10,17H2,1-3H3. The summed E-state index contributed by atoms with van der Waals surface area (Å²) in [5, 5.41) is 0. The van der Waals surface area contributed by atoms with Crippen molar-refractivity contribution in [1.29, 1.82) is 0 Å². The molecule has 19 heavy (non-hydrogen) atoms. The average Bonchev–Trinajstić information content (AvgIpc) is 2.40. The Morgan fingerprint density at radius 2 is 1.68 bits per heavy atom. The second kappa shape index (κ2) is 5.95. The number of hydrogen-bond donors (Lipinski definition) is 2. The first-order valence-corrected chi connectivity index (χ1v) is 6.56. The molecular weight excluding hydrogens is 234 g/mol. The third-order valence-corrected chi connectivity index (χ3v) is 3.63. The molecule has 0 radical (unpaired) electrons. The molecule has 3 N–H and O–H groups in total. The van der Waals surface area contributed by atoms with Crippen LogP contribution < -0.4 is 11.3 Å². The van der Waals surface area contributed by atoms with Gasteiger partial charge in [0.25, 0.3) is 0 Å². The summed E-state index contributed by atoms with van der Waals surface area (Å²) in [6.07, 6.45) is 2.67. The van der Waals surface area contributed by atoms with Gasteiger partial charge in [-0.1, -0.05) is 24.3 Å². The van der Waals surface area contributed by atoms with Crippen LogP contribution in [0.15, 0.2) is 36.5 Å². The summed E-state index contributed by atoms with van der Waals surface area (Å²) in [7, 11) is 0. The average molecular weight is 255 g/mol. The number of nitrogens with two attached hydrogens (primary N) is 1. The molecule has 0 bridgehead atoms. The number of aromatic nitrogens is 1. The minimum atomic E-state index is 0.0426. The zero-order chi connectivity index (χ0) is 13.8. The zero-order valence-electron chi connectivity index (χ0n) is 11.8. The highest BCUT2D eigenvalue weighted by Crippen LogP contribution is 2.23. The van der Waals surface area contributed by atoms with Crippen LogP contribution in [0.25, 0.3) is 0 Å². The van der Waals surface area contributed by atoms with Gasteiger partial charge in [0.15, 0.2) is 0 Å². The Morgan fingerprint density at radius 3 is 2.26 bits per heavy atom. The van der Waals surface area contributed by atoms with Gasteiger partial charge in [-0.3, -0.25) is 16.3 Å². The largest absolute Gasteiger partial charge is 0.271 e. The lowest BCUT2D eigenvalue weighted by Crippen LogP contribution is -2.31. The number of aryl methyl sites for hydroxylation is 3. The highest BCUT2D eigenvalue weighted by molar-refractivity contribution is 5.35. The van der Waals surface area contributed by atoms with Crippen molar-refractivity contribution in [3.63, 3.8) is 0 Å². The topological polar surface area (TPSA) is 50.9 Å². The summed E-state index contributed by atoms with van der Waals surface area (Å²) < 4.78 is 0. The summed E-state index contributed by atoms with van der Waals surface area (Å²) in [5.74, 6) is 5.73. The summed E-state index contributed by atoms with van der Waals surface area (Å²) in [5.41, 5.74) is 9.03. The number of hydrogen-bond acceptors (Lipinski definition) is 3. The number of nitrogens with zero attached hydrogens (tertiary/aromatic N) is 1. The molecule has 0 aliphatic rings. The molecule has 0 fully saturated rings. The number of rotatable bonds is 4. The zero-order valence-corrected chi connectivity index (χ0v) is 11.8. The lowest BCUT2D eigenvalue weighted by atomic mass is 9.94. The van der Waals surface area contributed by atoms with E-state index >= 15 is 0 Å². The SMILES string of the molecule is Cc1cccnc1C(Cc1c(C)cccc1C)NN. The van der Waals surface area contributed by atoms with Crippen molar-refractivity contribution in [2.75, 3.05) is 0 Å². The molecule has 0 aliphatic heterocycles. The molecule has 2 rings (SSSR count). The predicted molar refractivity (Wildman–Crippen MR) is 78.7 cm³/mol. The van der Waals surface area contributed by atoms with Crippen molar-refractivity contribution >= 4 is 0 Å². The van der Waals surface area contributed by atoms with E-state index in [4.69, 9.17) is 5.84 Å². The van der Waals surface area contributed by atoms with E-state index in [9.17, 15) is 0 Å². The van der Waals surface area contributed by atoms with Crippen molar-refractivity contribution in [2.24, 2.45) is 5.84 Å². The van der Waals surface area contributed by atoms with E-state index in [0.29, 0.717) is 0 Å². The second-order valence-corrected chi connectivity index (χ2v) is 5.00. The van der Waals surface area contributed by atoms with Gasteiger partial charge in [0.2, 0.25) is 0 Å². The van der Waals surface area contributed by atoms with Crippen LogP contribution in [0.1, 0.15) is 34.0 Å². The van der Waals surface area contributed by atoms with Crippen LogP contribution in [0.3, 0.4) is 0 Å². The van der Waals surface area contributed by atoms with Crippen molar-refractivity contribution in [2.45, 2.75) is 33.2 Å². The molecule has 0 aliphatic carbocycles. The molecule has 1 heterocycles. The van der Waals surface area contributed by atoms with Crippen molar-refractivity contribution < 1.29 is 0 Å². The van der Waals surface area contributed by atoms with Crippen LogP contribution in [-0.4, -0.2) is 4.98 Å². The first-order valence-electron chi connectivity index (χ1n) is 6.56. The Balaban J connectivity index is 2.32. The van der Waals surface area contributed by atoms with Gasteiger partial charge in [0.05, 0.1) is 11.7 Å². The fourth-order valence-corrected chi connectivity index (χ4v) is 2.47. The van der Waals surface area contributed by atoms with E-state index in [2.05, 4.69) is 55.4 Å². The molecular formula is C16H21N3. The maximum Gasteiger partial charge on any atom is 0.0675 e. The molecule has 100 valence electrons. The van der Waals surface area contributed by atoms with Crippen molar-refractivity contribution in [1.82, 2.24) is 10.4 Å². The molecule has 0 saturated heterocycles. The first kappa shape index (κ1) is 13.7. The van der Waals surface area contributed by atoms with Gasteiger partial charge in [-0.15, -0.1) is 0 Å². The Hall–Kier alpha value is -1.71. The molecule has 1 unspecified atom stereocenters. The maximum absolute atomic E-state index is 5.73. The van der Waals surface area contributed by atoms with Crippen LogP contribution >= 0.6 is 0 Å². The monoisotopic (exact) mass is 255 g/mol. The maximum atomic E-state index is 5.73. The second-order valence-electron chi connectivity index (χ2n) is 5.00.